The van der Waals surface area contributed by atoms with Gasteiger partial charge in [-0.05, 0) is 18.3 Å². The summed E-state index contributed by atoms with van der Waals surface area (Å²) in [6.45, 7) is 4.43. The molecule has 0 spiro atoms. The highest BCUT2D eigenvalue weighted by molar-refractivity contribution is 7.09. The van der Waals surface area contributed by atoms with Crippen molar-refractivity contribution < 1.29 is 5.11 Å². The first-order valence-electron chi connectivity index (χ1n) is 5.31. The first-order valence-corrected chi connectivity index (χ1v) is 6.19. The molecule has 2 nitrogen and oxygen atoms in total. The third kappa shape index (κ3) is 2.89. The second-order valence-corrected chi connectivity index (χ2v) is 6.02. The van der Waals surface area contributed by atoms with E-state index in [0.717, 1.165) is 24.3 Å². The molecule has 0 saturated heterocycles. The van der Waals surface area contributed by atoms with Gasteiger partial charge in [-0.3, -0.25) is 0 Å². The number of thiazole rings is 1. The molecular formula is C12H17NOS. The zero-order chi connectivity index (χ0) is 10.9. The Morgan fingerprint density at radius 1 is 1.60 bits per heavy atom. The van der Waals surface area contributed by atoms with Crippen LogP contribution in [0, 0.1) is 5.41 Å². The first-order chi connectivity index (χ1) is 7.05. The van der Waals surface area contributed by atoms with Crippen LogP contribution in [0.5, 0.6) is 0 Å². The Morgan fingerprint density at radius 2 is 2.40 bits per heavy atom. The van der Waals surface area contributed by atoms with Gasteiger partial charge in [-0.2, -0.15) is 0 Å². The van der Waals surface area contributed by atoms with E-state index in [1.165, 1.54) is 5.57 Å². The number of nitrogens with zero attached hydrogens (tertiary/aromatic N) is 1. The summed E-state index contributed by atoms with van der Waals surface area (Å²) in [7, 11) is 0. The van der Waals surface area contributed by atoms with E-state index in [1.54, 1.807) is 11.3 Å². The summed E-state index contributed by atoms with van der Waals surface area (Å²) in [5.74, 6) is 0. The molecule has 3 heteroatoms. The number of hydrogen-bond acceptors (Lipinski definition) is 3. The molecule has 1 unspecified atom stereocenters. The summed E-state index contributed by atoms with van der Waals surface area (Å²) in [6, 6.07) is 0. The van der Waals surface area contributed by atoms with Gasteiger partial charge in [0.2, 0.25) is 0 Å². The maximum Gasteiger partial charge on any atom is 0.0965 e. The van der Waals surface area contributed by atoms with Gasteiger partial charge in [0.25, 0.3) is 0 Å². The molecule has 15 heavy (non-hydrogen) atoms. The van der Waals surface area contributed by atoms with Gasteiger partial charge in [-0.25, -0.2) is 4.98 Å². The zero-order valence-corrected chi connectivity index (χ0v) is 10.0. The normalized spacial score (nSPS) is 25.0. The molecule has 0 aromatic carbocycles. The predicted octanol–water partition coefficient (Wildman–Crippen LogP) is 2.79. The zero-order valence-electron chi connectivity index (χ0n) is 9.23. The van der Waals surface area contributed by atoms with E-state index in [-0.39, 0.29) is 11.5 Å². The van der Waals surface area contributed by atoms with E-state index in [2.05, 4.69) is 18.8 Å². The van der Waals surface area contributed by atoms with Gasteiger partial charge >= 0.3 is 0 Å². The molecule has 0 saturated carbocycles. The molecule has 1 aliphatic carbocycles. The van der Waals surface area contributed by atoms with E-state index < -0.39 is 0 Å². The van der Waals surface area contributed by atoms with Crippen molar-refractivity contribution in [1.82, 2.24) is 4.98 Å². The molecule has 82 valence electrons. The van der Waals surface area contributed by atoms with Crippen molar-refractivity contribution in [2.45, 2.75) is 39.2 Å². The van der Waals surface area contributed by atoms with Crippen LogP contribution >= 0.6 is 11.3 Å². The summed E-state index contributed by atoms with van der Waals surface area (Å²) in [5.41, 5.74) is 1.55. The van der Waals surface area contributed by atoms with Gasteiger partial charge in [0.05, 0.1) is 11.1 Å². The monoisotopic (exact) mass is 223 g/mol. The van der Waals surface area contributed by atoms with Gasteiger partial charge in [0.1, 0.15) is 0 Å². The Balaban J connectivity index is 2.09. The molecule has 1 aromatic heterocycles. The lowest BCUT2D eigenvalue weighted by molar-refractivity contribution is 0.138. The van der Waals surface area contributed by atoms with Crippen LogP contribution in [0.4, 0.5) is 0 Å². The van der Waals surface area contributed by atoms with Gasteiger partial charge < -0.3 is 5.11 Å². The Kier molecular flexibility index (Phi) is 2.94. The van der Waals surface area contributed by atoms with Crippen LogP contribution in [0.25, 0.3) is 0 Å². The highest BCUT2D eigenvalue weighted by Gasteiger charge is 2.27. The van der Waals surface area contributed by atoms with Crippen LogP contribution in [-0.4, -0.2) is 16.2 Å². The molecule has 0 radical (unpaired) electrons. The molecule has 1 aliphatic rings. The quantitative estimate of drug-likeness (QED) is 0.782. The fraction of sp³-hybridized carbons (Fsp3) is 0.583. The summed E-state index contributed by atoms with van der Waals surface area (Å²) in [5, 5.41) is 12.9. The van der Waals surface area contributed by atoms with Crippen molar-refractivity contribution in [3.63, 3.8) is 0 Å². The van der Waals surface area contributed by atoms with E-state index >= 15 is 0 Å². The average molecular weight is 223 g/mol. The Bertz CT molecular complexity index is 354. The van der Waals surface area contributed by atoms with E-state index in [1.807, 2.05) is 17.7 Å². The number of rotatable bonds is 2. The molecule has 1 atom stereocenters. The predicted molar refractivity (Wildman–Crippen MR) is 62.9 cm³/mol. The van der Waals surface area contributed by atoms with Crippen LogP contribution in [0.15, 0.2) is 23.2 Å². The second kappa shape index (κ2) is 4.06. The molecular weight excluding hydrogens is 206 g/mol. The minimum absolute atomic E-state index is 0.223. The maximum absolute atomic E-state index is 9.75. The van der Waals surface area contributed by atoms with Crippen LogP contribution in [-0.2, 0) is 6.42 Å². The highest BCUT2D eigenvalue weighted by atomic mass is 32.1. The van der Waals surface area contributed by atoms with Crippen molar-refractivity contribution in [1.29, 1.82) is 0 Å². The molecule has 1 heterocycles. The standard InChI is InChI=1S/C12H17NOS/c1-12(2)7-9(5-10(14)8-12)6-11-13-3-4-15-11/h3-5,10,14H,6-8H2,1-2H3. The first kappa shape index (κ1) is 10.8. The van der Waals surface area contributed by atoms with Crippen molar-refractivity contribution >= 4 is 11.3 Å². The van der Waals surface area contributed by atoms with Gasteiger partial charge in [-0.15, -0.1) is 11.3 Å². The molecule has 0 aliphatic heterocycles. The van der Waals surface area contributed by atoms with Crippen LogP contribution < -0.4 is 0 Å². The van der Waals surface area contributed by atoms with E-state index in [0.29, 0.717) is 0 Å². The fourth-order valence-electron chi connectivity index (χ4n) is 2.30. The van der Waals surface area contributed by atoms with Crippen molar-refractivity contribution in [3.8, 4) is 0 Å². The molecule has 0 fully saturated rings. The van der Waals surface area contributed by atoms with Gasteiger partial charge in [0.15, 0.2) is 0 Å². The smallest absolute Gasteiger partial charge is 0.0965 e. The number of aromatic nitrogens is 1. The maximum atomic E-state index is 9.75. The SMILES string of the molecule is CC1(C)CC(Cc2nccs2)=CC(O)C1. The summed E-state index contributed by atoms with van der Waals surface area (Å²) in [6.07, 6.45) is 6.41. The topological polar surface area (TPSA) is 33.1 Å². The van der Waals surface area contributed by atoms with Crippen molar-refractivity contribution in [2.24, 2.45) is 5.41 Å². The lowest BCUT2D eigenvalue weighted by Gasteiger charge is -2.32. The third-order valence-corrected chi connectivity index (χ3v) is 3.54. The minimum atomic E-state index is -0.274. The highest BCUT2D eigenvalue weighted by Crippen LogP contribution is 2.36. The molecule has 1 aromatic rings. The second-order valence-electron chi connectivity index (χ2n) is 5.04. The van der Waals surface area contributed by atoms with Crippen LogP contribution in [0.2, 0.25) is 0 Å². The van der Waals surface area contributed by atoms with Gasteiger partial charge in [0, 0.05) is 18.0 Å². The Morgan fingerprint density at radius 3 is 3.00 bits per heavy atom. The number of aliphatic hydroxyl groups is 1. The average Bonchev–Trinajstić information content (AvgIpc) is 2.52. The number of aliphatic hydroxyl groups excluding tert-OH is 1. The van der Waals surface area contributed by atoms with Crippen LogP contribution in [0.1, 0.15) is 31.7 Å². The summed E-state index contributed by atoms with van der Waals surface area (Å²) in [4.78, 5) is 4.28. The summed E-state index contributed by atoms with van der Waals surface area (Å²) >= 11 is 1.68. The molecule has 1 N–H and O–H groups in total. The molecule has 0 amide bonds. The Labute approximate surface area is 94.7 Å². The Hall–Kier alpha value is -0.670. The van der Waals surface area contributed by atoms with Crippen molar-refractivity contribution in [3.05, 3.63) is 28.2 Å². The van der Waals surface area contributed by atoms with Crippen LogP contribution in [0.3, 0.4) is 0 Å². The molecule has 2 rings (SSSR count). The summed E-state index contributed by atoms with van der Waals surface area (Å²) < 4.78 is 0. The number of allylic oxidation sites excluding steroid dienone is 1. The molecule has 0 bridgehead atoms. The largest absolute Gasteiger partial charge is 0.389 e. The lowest BCUT2D eigenvalue weighted by Crippen LogP contribution is -2.25. The fourth-order valence-corrected chi connectivity index (χ4v) is 2.97. The number of hydrogen-bond donors (Lipinski definition) is 1. The van der Waals surface area contributed by atoms with Gasteiger partial charge in [-0.1, -0.05) is 25.5 Å². The van der Waals surface area contributed by atoms with E-state index in [9.17, 15) is 5.11 Å². The van der Waals surface area contributed by atoms with E-state index in [4.69, 9.17) is 0 Å². The minimum Gasteiger partial charge on any atom is -0.389 e. The lowest BCUT2D eigenvalue weighted by atomic mass is 9.75. The van der Waals surface area contributed by atoms with Crippen molar-refractivity contribution in [2.75, 3.05) is 0 Å². The third-order valence-electron chi connectivity index (χ3n) is 2.76.